The Hall–Kier alpha value is -1.95. The second-order valence-electron chi connectivity index (χ2n) is 7.69. The summed E-state index contributed by atoms with van der Waals surface area (Å²) >= 11 is 0. The van der Waals surface area contributed by atoms with Gasteiger partial charge in [-0.25, -0.2) is 4.98 Å². The van der Waals surface area contributed by atoms with Crippen LogP contribution in [0.4, 0.5) is 5.82 Å². The molecule has 2 fully saturated rings. The Morgan fingerprint density at radius 2 is 1.81 bits per heavy atom. The molecule has 1 aliphatic carbocycles. The number of pyridine rings is 1. The zero-order valence-electron chi connectivity index (χ0n) is 15.7. The first-order valence-electron chi connectivity index (χ1n) is 10.0. The van der Waals surface area contributed by atoms with E-state index < -0.39 is 0 Å². The van der Waals surface area contributed by atoms with E-state index in [-0.39, 0.29) is 0 Å². The highest BCUT2D eigenvalue weighted by Gasteiger charge is 2.21. The van der Waals surface area contributed by atoms with Gasteiger partial charge in [-0.1, -0.05) is 30.8 Å². The van der Waals surface area contributed by atoms with E-state index in [1.54, 1.807) is 0 Å². The van der Waals surface area contributed by atoms with E-state index in [2.05, 4.69) is 44.1 Å². The predicted molar refractivity (Wildman–Crippen MR) is 102 cm³/mol. The first kappa shape index (κ1) is 17.5. The molecule has 0 radical (unpaired) electrons. The number of nitrogens with zero attached hydrogens (tertiary/aromatic N) is 5. The summed E-state index contributed by atoms with van der Waals surface area (Å²) in [7, 11) is 2.18. The van der Waals surface area contributed by atoms with Crippen molar-refractivity contribution in [3.8, 4) is 11.4 Å². The van der Waals surface area contributed by atoms with Gasteiger partial charge >= 0.3 is 0 Å². The van der Waals surface area contributed by atoms with Gasteiger partial charge in [0.15, 0.2) is 0 Å². The van der Waals surface area contributed by atoms with Crippen LogP contribution in [-0.2, 0) is 0 Å². The molecule has 0 amide bonds. The minimum Gasteiger partial charge on any atom is -0.355 e. The van der Waals surface area contributed by atoms with Crippen molar-refractivity contribution in [2.24, 2.45) is 0 Å². The molecule has 3 heterocycles. The van der Waals surface area contributed by atoms with Gasteiger partial charge in [0.1, 0.15) is 5.82 Å². The molecule has 0 bridgehead atoms. The van der Waals surface area contributed by atoms with Crippen LogP contribution in [0, 0.1) is 0 Å². The van der Waals surface area contributed by atoms with Crippen LogP contribution in [0.15, 0.2) is 22.9 Å². The smallest absolute Gasteiger partial charge is 0.230 e. The summed E-state index contributed by atoms with van der Waals surface area (Å²) in [4.78, 5) is 14.1. The number of rotatable bonds is 3. The average Bonchev–Trinajstić information content (AvgIpc) is 2.86. The van der Waals surface area contributed by atoms with Gasteiger partial charge < -0.3 is 14.3 Å². The minimum absolute atomic E-state index is 0.431. The standard InChI is InChI=1S/C20H29N5O/c1-24-11-6-12-25(14-13-24)18-10-9-17(15-21-18)19-22-20(26-23-19)16-7-4-2-3-5-8-16/h9-10,15-16H,2-8,11-14H2,1H3. The predicted octanol–water partition coefficient (Wildman–Crippen LogP) is 3.71. The van der Waals surface area contributed by atoms with E-state index >= 15 is 0 Å². The van der Waals surface area contributed by atoms with Gasteiger partial charge in [-0.2, -0.15) is 4.98 Å². The fourth-order valence-electron chi connectivity index (χ4n) is 4.03. The van der Waals surface area contributed by atoms with Crippen LogP contribution in [0.3, 0.4) is 0 Å². The van der Waals surface area contributed by atoms with Gasteiger partial charge in [0.2, 0.25) is 11.7 Å². The third-order valence-electron chi connectivity index (χ3n) is 5.70. The first-order valence-corrected chi connectivity index (χ1v) is 10.0. The Morgan fingerprint density at radius 3 is 2.58 bits per heavy atom. The molecule has 140 valence electrons. The molecule has 4 rings (SSSR count). The third kappa shape index (κ3) is 4.06. The van der Waals surface area contributed by atoms with Crippen molar-refractivity contribution in [2.75, 3.05) is 38.1 Å². The van der Waals surface area contributed by atoms with E-state index in [1.807, 2.05) is 6.20 Å². The molecule has 1 saturated heterocycles. The summed E-state index contributed by atoms with van der Waals surface area (Å²) in [6.45, 7) is 4.32. The Kier molecular flexibility index (Phi) is 5.48. The van der Waals surface area contributed by atoms with Crippen molar-refractivity contribution in [1.82, 2.24) is 20.0 Å². The van der Waals surface area contributed by atoms with Crippen LogP contribution in [0.5, 0.6) is 0 Å². The molecule has 2 aromatic heterocycles. The topological polar surface area (TPSA) is 58.3 Å². The quantitative estimate of drug-likeness (QED) is 0.782. The van der Waals surface area contributed by atoms with E-state index in [0.29, 0.717) is 11.7 Å². The van der Waals surface area contributed by atoms with Gasteiger partial charge in [-0.05, 0) is 45.0 Å². The second-order valence-corrected chi connectivity index (χ2v) is 7.69. The Bertz CT molecular complexity index is 690. The number of anilines is 1. The van der Waals surface area contributed by atoms with Gasteiger partial charge in [0.25, 0.3) is 0 Å². The van der Waals surface area contributed by atoms with E-state index in [1.165, 1.54) is 44.9 Å². The highest BCUT2D eigenvalue weighted by molar-refractivity contribution is 5.56. The van der Waals surface area contributed by atoms with Gasteiger partial charge in [0, 0.05) is 37.3 Å². The van der Waals surface area contributed by atoms with Crippen molar-refractivity contribution in [1.29, 1.82) is 0 Å². The van der Waals surface area contributed by atoms with Crippen molar-refractivity contribution in [3.63, 3.8) is 0 Å². The molecule has 26 heavy (non-hydrogen) atoms. The monoisotopic (exact) mass is 355 g/mol. The minimum atomic E-state index is 0.431. The Labute approximate surface area is 155 Å². The zero-order chi connectivity index (χ0) is 17.8. The molecule has 6 nitrogen and oxygen atoms in total. The van der Waals surface area contributed by atoms with Gasteiger partial charge in [-0.3, -0.25) is 0 Å². The number of aromatic nitrogens is 3. The normalized spacial score (nSPS) is 20.7. The van der Waals surface area contributed by atoms with Gasteiger partial charge in [-0.15, -0.1) is 0 Å². The van der Waals surface area contributed by atoms with E-state index in [0.717, 1.165) is 43.5 Å². The van der Waals surface area contributed by atoms with Crippen molar-refractivity contribution >= 4 is 5.82 Å². The molecular formula is C20H29N5O. The van der Waals surface area contributed by atoms with Crippen LogP contribution in [0.1, 0.15) is 56.8 Å². The van der Waals surface area contributed by atoms with Gasteiger partial charge in [0.05, 0.1) is 0 Å². The fraction of sp³-hybridized carbons (Fsp3) is 0.650. The maximum Gasteiger partial charge on any atom is 0.230 e. The zero-order valence-corrected chi connectivity index (χ0v) is 15.7. The molecule has 0 atom stereocenters. The molecule has 2 aromatic rings. The molecule has 0 aromatic carbocycles. The first-order chi connectivity index (χ1) is 12.8. The number of likely N-dealkylation sites (N-methyl/N-ethyl adjacent to an activating group) is 1. The molecule has 0 spiro atoms. The molecular weight excluding hydrogens is 326 g/mol. The van der Waals surface area contributed by atoms with E-state index in [9.17, 15) is 0 Å². The molecule has 6 heteroatoms. The van der Waals surface area contributed by atoms with Crippen LogP contribution in [0.2, 0.25) is 0 Å². The SMILES string of the molecule is CN1CCCN(c2ccc(-c3noc(C4CCCCCC4)n3)cn2)CC1. The lowest BCUT2D eigenvalue weighted by Crippen LogP contribution is -2.29. The summed E-state index contributed by atoms with van der Waals surface area (Å²) in [5.41, 5.74) is 0.935. The average molecular weight is 355 g/mol. The van der Waals surface area contributed by atoms with Crippen molar-refractivity contribution in [3.05, 3.63) is 24.2 Å². The lowest BCUT2D eigenvalue weighted by Gasteiger charge is -2.21. The summed E-state index contributed by atoms with van der Waals surface area (Å²) < 4.78 is 5.58. The van der Waals surface area contributed by atoms with Crippen molar-refractivity contribution < 1.29 is 4.52 Å². The molecule has 2 aliphatic rings. The van der Waals surface area contributed by atoms with Crippen LogP contribution in [-0.4, -0.2) is 53.3 Å². The molecule has 1 saturated carbocycles. The Balaban J connectivity index is 1.45. The molecule has 0 N–H and O–H groups in total. The Morgan fingerprint density at radius 1 is 0.962 bits per heavy atom. The number of hydrogen-bond acceptors (Lipinski definition) is 6. The number of hydrogen-bond donors (Lipinski definition) is 0. The highest BCUT2D eigenvalue weighted by atomic mass is 16.5. The molecule has 1 aliphatic heterocycles. The summed E-state index contributed by atoms with van der Waals surface area (Å²) in [5, 5.41) is 4.21. The van der Waals surface area contributed by atoms with Crippen LogP contribution < -0.4 is 4.90 Å². The summed E-state index contributed by atoms with van der Waals surface area (Å²) in [6, 6.07) is 4.15. The fourth-order valence-corrected chi connectivity index (χ4v) is 4.03. The molecule has 0 unspecified atom stereocenters. The van der Waals surface area contributed by atoms with E-state index in [4.69, 9.17) is 4.52 Å². The lowest BCUT2D eigenvalue weighted by molar-refractivity contribution is 0.341. The van der Waals surface area contributed by atoms with Crippen LogP contribution in [0.25, 0.3) is 11.4 Å². The summed E-state index contributed by atoms with van der Waals surface area (Å²) in [6.07, 6.45) is 10.6. The van der Waals surface area contributed by atoms with Crippen LogP contribution >= 0.6 is 0 Å². The largest absolute Gasteiger partial charge is 0.355 e. The summed E-state index contributed by atoms with van der Waals surface area (Å²) in [5.74, 6) is 2.94. The van der Waals surface area contributed by atoms with Crippen molar-refractivity contribution in [2.45, 2.75) is 50.9 Å². The maximum absolute atomic E-state index is 5.58. The highest BCUT2D eigenvalue weighted by Crippen LogP contribution is 2.31. The maximum atomic E-state index is 5.58. The second kappa shape index (κ2) is 8.16. The lowest BCUT2D eigenvalue weighted by atomic mass is 10.0. The third-order valence-corrected chi connectivity index (χ3v) is 5.70.